The minimum atomic E-state index is -0.319. The number of fused-ring (bicyclic) bond motifs is 1. The zero-order valence-corrected chi connectivity index (χ0v) is 12.1. The molecule has 7 heteroatoms. The molecule has 2 aromatic rings. The third-order valence-electron chi connectivity index (χ3n) is 3.99. The van der Waals surface area contributed by atoms with E-state index in [1.54, 1.807) is 0 Å². The Kier molecular flexibility index (Phi) is 3.55. The smallest absolute Gasteiger partial charge is 0.266 e. The number of hydrogen-bond acceptors (Lipinski definition) is 5. The fraction of sp³-hybridized carbons (Fsp3) is 0.429. The first-order valence-corrected chi connectivity index (χ1v) is 7.09. The van der Waals surface area contributed by atoms with Crippen molar-refractivity contribution in [2.45, 2.75) is 32.9 Å². The van der Waals surface area contributed by atoms with E-state index in [0.717, 1.165) is 17.7 Å². The van der Waals surface area contributed by atoms with Crippen LogP contribution < -0.4 is 10.2 Å². The number of aromatic nitrogens is 4. The number of anilines is 2. The van der Waals surface area contributed by atoms with Crippen LogP contribution in [0.4, 0.5) is 11.6 Å². The first kappa shape index (κ1) is 13.5. The van der Waals surface area contributed by atoms with Gasteiger partial charge in [0.15, 0.2) is 0 Å². The van der Waals surface area contributed by atoms with Gasteiger partial charge in [0.05, 0.1) is 0 Å². The van der Waals surface area contributed by atoms with Gasteiger partial charge in [-0.2, -0.15) is 5.21 Å². The van der Waals surface area contributed by atoms with Crippen molar-refractivity contribution in [2.75, 3.05) is 10.2 Å². The van der Waals surface area contributed by atoms with Crippen LogP contribution in [0.1, 0.15) is 25.8 Å². The highest BCUT2D eigenvalue weighted by molar-refractivity contribution is 5.98. The van der Waals surface area contributed by atoms with Crippen molar-refractivity contribution in [2.24, 2.45) is 5.92 Å². The van der Waals surface area contributed by atoms with Crippen LogP contribution in [-0.4, -0.2) is 32.6 Å². The number of aromatic amines is 1. The fourth-order valence-electron chi connectivity index (χ4n) is 2.67. The number of carbonyl (C=O) groups is 1. The maximum atomic E-state index is 12.6. The van der Waals surface area contributed by atoms with Crippen LogP contribution in [0.15, 0.2) is 24.3 Å². The molecule has 1 aliphatic heterocycles. The number of rotatable bonds is 3. The van der Waals surface area contributed by atoms with Gasteiger partial charge >= 0.3 is 0 Å². The number of carbonyl (C=O) groups excluding carboxylic acids is 1. The molecule has 1 amide bonds. The van der Waals surface area contributed by atoms with Crippen molar-refractivity contribution in [3.8, 4) is 0 Å². The minimum absolute atomic E-state index is 0.0286. The Morgan fingerprint density at radius 3 is 2.95 bits per heavy atom. The van der Waals surface area contributed by atoms with Crippen molar-refractivity contribution < 1.29 is 4.79 Å². The summed E-state index contributed by atoms with van der Waals surface area (Å²) < 4.78 is 0. The van der Waals surface area contributed by atoms with E-state index in [1.807, 2.05) is 29.2 Å². The van der Waals surface area contributed by atoms with Gasteiger partial charge < -0.3 is 10.2 Å². The molecule has 7 nitrogen and oxygen atoms in total. The monoisotopic (exact) mass is 286 g/mol. The molecule has 110 valence electrons. The molecule has 2 atom stereocenters. The normalized spacial score (nSPS) is 19.6. The Balaban J connectivity index is 2.05. The molecule has 1 aliphatic rings. The van der Waals surface area contributed by atoms with E-state index in [9.17, 15) is 4.79 Å². The second-order valence-corrected chi connectivity index (χ2v) is 5.32. The third kappa shape index (κ3) is 2.46. The quantitative estimate of drug-likeness (QED) is 0.894. The molecule has 21 heavy (non-hydrogen) atoms. The van der Waals surface area contributed by atoms with Crippen LogP contribution in [-0.2, 0) is 11.3 Å². The SMILES string of the molecule is CCC(C)[C@H]1C(=O)Nc2ccccc2CN1c1nn[nH]n1. The van der Waals surface area contributed by atoms with Crippen LogP contribution in [0.5, 0.6) is 0 Å². The third-order valence-corrected chi connectivity index (χ3v) is 3.99. The fourth-order valence-corrected chi connectivity index (χ4v) is 2.67. The first-order chi connectivity index (χ1) is 10.2. The number of tetrazole rings is 1. The summed E-state index contributed by atoms with van der Waals surface area (Å²) in [5.41, 5.74) is 1.89. The Morgan fingerprint density at radius 1 is 1.43 bits per heavy atom. The topological polar surface area (TPSA) is 86.8 Å². The molecule has 0 fully saturated rings. The molecular weight excluding hydrogens is 268 g/mol. The van der Waals surface area contributed by atoms with E-state index in [2.05, 4.69) is 39.8 Å². The number of nitrogens with zero attached hydrogens (tertiary/aromatic N) is 4. The standard InChI is InChI=1S/C14H18N6O/c1-3-9(2)12-13(21)15-11-7-5-4-6-10(11)8-20(12)14-16-18-19-17-14/h4-7,9,12H,3,8H2,1-2H3,(H,15,21)(H,16,17,18,19)/t9?,12-/m0/s1. The Labute approximate surface area is 122 Å². The zero-order valence-electron chi connectivity index (χ0n) is 12.1. The summed E-state index contributed by atoms with van der Waals surface area (Å²) in [4.78, 5) is 14.6. The molecule has 0 bridgehead atoms. The highest BCUT2D eigenvalue weighted by Crippen LogP contribution is 2.28. The molecular formula is C14H18N6O. The van der Waals surface area contributed by atoms with Gasteiger partial charge in [-0.3, -0.25) is 4.79 Å². The van der Waals surface area contributed by atoms with E-state index in [1.165, 1.54) is 0 Å². The molecule has 0 saturated heterocycles. The van der Waals surface area contributed by atoms with Crippen molar-refractivity contribution in [3.63, 3.8) is 0 Å². The Bertz CT molecular complexity index is 626. The predicted octanol–water partition coefficient (Wildman–Crippen LogP) is 1.57. The van der Waals surface area contributed by atoms with Gasteiger partial charge in [-0.05, 0) is 22.8 Å². The van der Waals surface area contributed by atoms with Gasteiger partial charge in [0.2, 0.25) is 5.91 Å². The second-order valence-electron chi connectivity index (χ2n) is 5.32. The van der Waals surface area contributed by atoms with Gasteiger partial charge in [-0.25, -0.2) is 0 Å². The number of amides is 1. The van der Waals surface area contributed by atoms with E-state index >= 15 is 0 Å². The summed E-state index contributed by atoms with van der Waals surface area (Å²) in [6, 6.07) is 7.48. The molecule has 2 N–H and O–H groups in total. The van der Waals surface area contributed by atoms with Gasteiger partial charge in [-0.15, -0.1) is 5.10 Å². The van der Waals surface area contributed by atoms with Crippen LogP contribution in [0.25, 0.3) is 0 Å². The molecule has 1 aromatic carbocycles. The lowest BCUT2D eigenvalue weighted by molar-refractivity contribution is -0.118. The second kappa shape index (κ2) is 5.51. The van der Waals surface area contributed by atoms with E-state index < -0.39 is 0 Å². The van der Waals surface area contributed by atoms with Gasteiger partial charge in [0.25, 0.3) is 5.95 Å². The molecule has 1 aromatic heterocycles. The van der Waals surface area contributed by atoms with Gasteiger partial charge in [-0.1, -0.05) is 43.6 Å². The molecule has 2 heterocycles. The van der Waals surface area contributed by atoms with Crippen LogP contribution >= 0.6 is 0 Å². The van der Waals surface area contributed by atoms with Crippen LogP contribution in [0, 0.1) is 5.92 Å². The maximum absolute atomic E-state index is 12.6. The molecule has 0 radical (unpaired) electrons. The molecule has 3 rings (SSSR count). The summed E-state index contributed by atoms with van der Waals surface area (Å²) in [6.45, 7) is 4.71. The molecule has 1 unspecified atom stereocenters. The zero-order chi connectivity index (χ0) is 14.8. The van der Waals surface area contributed by atoms with Crippen LogP contribution in [0.2, 0.25) is 0 Å². The number of H-pyrrole nitrogens is 1. The minimum Gasteiger partial charge on any atom is -0.324 e. The summed E-state index contributed by atoms with van der Waals surface area (Å²) in [6.07, 6.45) is 0.892. The number of benzene rings is 1. The number of para-hydroxylation sites is 1. The van der Waals surface area contributed by atoms with E-state index in [0.29, 0.717) is 12.5 Å². The Hall–Kier alpha value is -2.44. The van der Waals surface area contributed by atoms with Crippen molar-refractivity contribution >= 4 is 17.5 Å². The average molecular weight is 286 g/mol. The number of hydrogen-bond donors (Lipinski definition) is 2. The maximum Gasteiger partial charge on any atom is 0.266 e. The molecule has 0 spiro atoms. The van der Waals surface area contributed by atoms with Crippen molar-refractivity contribution in [1.29, 1.82) is 0 Å². The lowest BCUT2D eigenvalue weighted by atomic mass is 9.97. The summed E-state index contributed by atoms with van der Waals surface area (Å²) in [7, 11) is 0. The summed E-state index contributed by atoms with van der Waals surface area (Å²) in [5, 5.41) is 17.2. The van der Waals surface area contributed by atoms with Crippen LogP contribution in [0.3, 0.4) is 0 Å². The molecule has 0 saturated carbocycles. The first-order valence-electron chi connectivity index (χ1n) is 7.09. The van der Waals surface area contributed by atoms with Crippen molar-refractivity contribution in [3.05, 3.63) is 29.8 Å². The molecule has 0 aliphatic carbocycles. The highest BCUT2D eigenvalue weighted by atomic mass is 16.2. The average Bonchev–Trinajstić information content (AvgIpc) is 2.97. The number of nitrogens with one attached hydrogen (secondary N) is 2. The lowest BCUT2D eigenvalue weighted by Gasteiger charge is -2.31. The van der Waals surface area contributed by atoms with Gasteiger partial charge in [0, 0.05) is 12.2 Å². The summed E-state index contributed by atoms with van der Waals surface area (Å²) >= 11 is 0. The lowest BCUT2D eigenvalue weighted by Crippen LogP contribution is -2.46. The van der Waals surface area contributed by atoms with E-state index in [4.69, 9.17) is 0 Å². The van der Waals surface area contributed by atoms with Crippen molar-refractivity contribution in [1.82, 2.24) is 20.6 Å². The predicted molar refractivity (Wildman–Crippen MR) is 78.7 cm³/mol. The van der Waals surface area contributed by atoms with Gasteiger partial charge in [0.1, 0.15) is 6.04 Å². The largest absolute Gasteiger partial charge is 0.324 e. The highest BCUT2D eigenvalue weighted by Gasteiger charge is 2.35. The summed E-state index contributed by atoms with van der Waals surface area (Å²) in [5.74, 6) is 0.601. The van der Waals surface area contributed by atoms with E-state index in [-0.39, 0.29) is 17.9 Å². The Morgan fingerprint density at radius 2 is 2.24 bits per heavy atom.